The van der Waals surface area contributed by atoms with Gasteiger partial charge in [-0.25, -0.2) is 0 Å². The van der Waals surface area contributed by atoms with Crippen LogP contribution in [0.3, 0.4) is 0 Å². The van der Waals surface area contributed by atoms with Crippen molar-refractivity contribution in [2.24, 2.45) is 11.7 Å². The van der Waals surface area contributed by atoms with E-state index in [1.54, 1.807) is 0 Å². The van der Waals surface area contributed by atoms with E-state index in [4.69, 9.17) is 5.73 Å². The van der Waals surface area contributed by atoms with Gasteiger partial charge >= 0.3 is 0 Å². The molecular formula is C13H26N2. The molecule has 2 heteroatoms. The second kappa shape index (κ2) is 5.86. The van der Waals surface area contributed by atoms with E-state index in [0.717, 1.165) is 24.5 Å². The van der Waals surface area contributed by atoms with Gasteiger partial charge in [-0.1, -0.05) is 32.1 Å². The maximum atomic E-state index is 5.86. The fraction of sp³-hybridized carbons (Fsp3) is 1.00. The van der Waals surface area contributed by atoms with Crippen molar-refractivity contribution in [1.29, 1.82) is 0 Å². The minimum absolute atomic E-state index is 0.729. The fourth-order valence-corrected chi connectivity index (χ4v) is 3.28. The summed E-state index contributed by atoms with van der Waals surface area (Å²) >= 11 is 0. The van der Waals surface area contributed by atoms with Crippen LogP contribution in [0.1, 0.15) is 57.8 Å². The van der Waals surface area contributed by atoms with Crippen molar-refractivity contribution < 1.29 is 0 Å². The van der Waals surface area contributed by atoms with Crippen LogP contribution in [-0.4, -0.2) is 18.6 Å². The standard InChI is InChI=1S/C13H26N2/c14-10-11-6-4-5-9-13(11)15-12-7-2-1-3-8-12/h11-13,15H,1-10,14H2. The Balaban J connectivity index is 1.79. The first-order valence-electron chi connectivity index (χ1n) is 6.86. The molecule has 0 aromatic heterocycles. The zero-order valence-electron chi connectivity index (χ0n) is 9.88. The predicted octanol–water partition coefficient (Wildman–Crippen LogP) is 2.43. The maximum Gasteiger partial charge on any atom is 0.0110 e. The highest BCUT2D eigenvalue weighted by atomic mass is 15.0. The Morgan fingerprint density at radius 2 is 1.53 bits per heavy atom. The Bertz CT molecular complexity index is 175. The van der Waals surface area contributed by atoms with Crippen LogP contribution in [0.25, 0.3) is 0 Å². The molecule has 0 saturated heterocycles. The zero-order valence-corrected chi connectivity index (χ0v) is 9.88. The number of hydrogen-bond acceptors (Lipinski definition) is 2. The Kier molecular flexibility index (Phi) is 4.45. The third kappa shape index (κ3) is 3.18. The fourth-order valence-electron chi connectivity index (χ4n) is 3.28. The van der Waals surface area contributed by atoms with Gasteiger partial charge in [-0.2, -0.15) is 0 Å². The van der Waals surface area contributed by atoms with Crippen LogP contribution in [0.2, 0.25) is 0 Å². The summed E-state index contributed by atoms with van der Waals surface area (Å²) in [5.41, 5.74) is 5.86. The Hall–Kier alpha value is -0.0800. The second-order valence-electron chi connectivity index (χ2n) is 5.39. The average Bonchev–Trinajstić information content (AvgIpc) is 2.31. The molecule has 0 aromatic carbocycles. The van der Waals surface area contributed by atoms with E-state index >= 15 is 0 Å². The van der Waals surface area contributed by atoms with Crippen molar-refractivity contribution >= 4 is 0 Å². The van der Waals surface area contributed by atoms with Gasteiger partial charge in [-0.3, -0.25) is 0 Å². The number of hydrogen-bond donors (Lipinski definition) is 2. The van der Waals surface area contributed by atoms with Gasteiger partial charge in [0, 0.05) is 12.1 Å². The third-order valence-corrected chi connectivity index (χ3v) is 4.27. The minimum Gasteiger partial charge on any atom is -0.330 e. The summed E-state index contributed by atoms with van der Waals surface area (Å²) in [5, 5.41) is 3.88. The molecule has 15 heavy (non-hydrogen) atoms. The van der Waals surface area contributed by atoms with E-state index < -0.39 is 0 Å². The molecule has 2 atom stereocenters. The van der Waals surface area contributed by atoms with Crippen molar-refractivity contribution in [2.45, 2.75) is 69.9 Å². The van der Waals surface area contributed by atoms with Gasteiger partial charge in [0.25, 0.3) is 0 Å². The SMILES string of the molecule is NCC1CCCCC1NC1CCCCC1. The van der Waals surface area contributed by atoms with E-state index in [9.17, 15) is 0 Å². The lowest BCUT2D eigenvalue weighted by Gasteiger charge is -2.36. The van der Waals surface area contributed by atoms with Gasteiger partial charge in [0.2, 0.25) is 0 Å². The molecule has 2 aliphatic carbocycles. The number of rotatable bonds is 3. The quantitative estimate of drug-likeness (QED) is 0.751. The molecule has 0 spiro atoms. The first-order chi connectivity index (χ1) is 7.40. The Morgan fingerprint density at radius 1 is 0.867 bits per heavy atom. The van der Waals surface area contributed by atoms with Crippen molar-refractivity contribution in [3.63, 3.8) is 0 Å². The molecule has 2 saturated carbocycles. The van der Waals surface area contributed by atoms with Gasteiger partial charge in [-0.15, -0.1) is 0 Å². The maximum absolute atomic E-state index is 5.86. The highest BCUT2D eigenvalue weighted by Gasteiger charge is 2.26. The first-order valence-corrected chi connectivity index (χ1v) is 6.86. The molecule has 2 fully saturated rings. The minimum atomic E-state index is 0.729. The van der Waals surface area contributed by atoms with E-state index in [1.165, 1.54) is 57.8 Å². The summed E-state index contributed by atoms with van der Waals surface area (Å²) in [6.45, 7) is 0.879. The molecule has 0 aromatic rings. The van der Waals surface area contributed by atoms with Crippen LogP contribution < -0.4 is 11.1 Å². The summed E-state index contributed by atoms with van der Waals surface area (Å²) in [7, 11) is 0. The number of nitrogens with two attached hydrogens (primary N) is 1. The van der Waals surface area contributed by atoms with E-state index in [0.29, 0.717) is 0 Å². The van der Waals surface area contributed by atoms with Crippen molar-refractivity contribution in [2.75, 3.05) is 6.54 Å². The molecule has 2 nitrogen and oxygen atoms in total. The first kappa shape index (κ1) is 11.4. The van der Waals surface area contributed by atoms with E-state index in [2.05, 4.69) is 5.32 Å². The van der Waals surface area contributed by atoms with Crippen molar-refractivity contribution in [1.82, 2.24) is 5.32 Å². The Labute approximate surface area is 94.0 Å². The summed E-state index contributed by atoms with van der Waals surface area (Å²) < 4.78 is 0. The van der Waals surface area contributed by atoms with Crippen molar-refractivity contribution in [3.05, 3.63) is 0 Å². The van der Waals surface area contributed by atoms with Crippen LogP contribution in [0.4, 0.5) is 0 Å². The molecular weight excluding hydrogens is 184 g/mol. The normalized spacial score (nSPS) is 34.2. The van der Waals surface area contributed by atoms with Crippen LogP contribution in [0, 0.1) is 5.92 Å². The highest BCUT2D eigenvalue weighted by molar-refractivity contribution is 4.85. The summed E-state index contributed by atoms with van der Waals surface area (Å²) in [5.74, 6) is 0.751. The molecule has 88 valence electrons. The molecule has 3 N–H and O–H groups in total. The van der Waals surface area contributed by atoms with Gasteiger partial charge < -0.3 is 11.1 Å². The monoisotopic (exact) mass is 210 g/mol. The largest absolute Gasteiger partial charge is 0.330 e. The van der Waals surface area contributed by atoms with Gasteiger partial charge in [-0.05, 0) is 38.1 Å². The molecule has 0 heterocycles. The van der Waals surface area contributed by atoms with Crippen LogP contribution in [-0.2, 0) is 0 Å². The second-order valence-corrected chi connectivity index (χ2v) is 5.39. The highest BCUT2D eigenvalue weighted by Crippen LogP contribution is 2.26. The van der Waals surface area contributed by atoms with Crippen molar-refractivity contribution in [3.8, 4) is 0 Å². The van der Waals surface area contributed by atoms with E-state index in [-0.39, 0.29) is 0 Å². The summed E-state index contributed by atoms with van der Waals surface area (Å²) in [6, 6.07) is 1.53. The van der Waals surface area contributed by atoms with Crippen LogP contribution >= 0.6 is 0 Å². The Morgan fingerprint density at radius 3 is 2.27 bits per heavy atom. The predicted molar refractivity (Wildman–Crippen MR) is 64.8 cm³/mol. The van der Waals surface area contributed by atoms with Crippen LogP contribution in [0.5, 0.6) is 0 Å². The molecule has 2 aliphatic rings. The molecule has 2 unspecified atom stereocenters. The molecule has 0 radical (unpaired) electrons. The molecule has 0 bridgehead atoms. The van der Waals surface area contributed by atoms with Gasteiger partial charge in [0.05, 0.1) is 0 Å². The number of nitrogens with one attached hydrogen (secondary N) is 1. The lowest BCUT2D eigenvalue weighted by atomic mass is 9.83. The van der Waals surface area contributed by atoms with Gasteiger partial charge in [0.15, 0.2) is 0 Å². The lowest BCUT2D eigenvalue weighted by Crippen LogP contribution is -2.47. The molecule has 2 rings (SSSR count). The summed E-state index contributed by atoms with van der Waals surface area (Å²) in [6.07, 6.45) is 12.6. The average molecular weight is 210 g/mol. The molecule has 0 aliphatic heterocycles. The van der Waals surface area contributed by atoms with Crippen LogP contribution in [0.15, 0.2) is 0 Å². The summed E-state index contributed by atoms with van der Waals surface area (Å²) in [4.78, 5) is 0. The topological polar surface area (TPSA) is 38.0 Å². The van der Waals surface area contributed by atoms with E-state index in [1.807, 2.05) is 0 Å². The van der Waals surface area contributed by atoms with Gasteiger partial charge in [0.1, 0.15) is 0 Å². The smallest absolute Gasteiger partial charge is 0.0110 e. The third-order valence-electron chi connectivity index (χ3n) is 4.27. The molecule has 0 amide bonds. The zero-order chi connectivity index (χ0) is 10.5. The lowest BCUT2D eigenvalue weighted by molar-refractivity contribution is 0.227.